The normalized spacial score (nSPS) is 12.4. The summed E-state index contributed by atoms with van der Waals surface area (Å²) in [6.07, 6.45) is -0.573. The molecule has 0 aliphatic rings. The number of aromatic nitrogens is 2. The highest BCUT2D eigenvalue weighted by Crippen LogP contribution is 2.26. The fourth-order valence-electron chi connectivity index (χ4n) is 1.65. The van der Waals surface area contributed by atoms with Crippen LogP contribution < -0.4 is 4.74 Å². The van der Waals surface area contributed by atoms with E-state index in [0.717, 1.165) is 11.1 Å². The Hall–Kier alpha value is -1.88. The average molecular weight is 248 g/mol. The molecule has 5 nitrogen and oxygen atoms in total. The van der Waals surface area contributed by atoms with Crippen LogP contribution in [-0.2, 0) is 6.61 Å². The molecule has 0 amide bonds. The predicted molar refractivity (Wildman–Crippen MR) is 65.2 cm³/mol. The topological polar surface area (TPSA) is 68.4 Å². The SMILES string of the molecule is Cc1ccc(OCc2nonc2C)c([C@H](C)O)c1. The summed E-state index contributed by atoms with van der Waals surface area (Å²) in [5, 5.41) is 17.1. The summed E-state index contributed by atoms with van der Waals surface area (Å²) in [7, 11) is 0. The van der Waals surface area contributed by atoms with E-state index in [2.05, 4.69) is 14.9 Å². The van der Waals surface area contributed by atoms with E-state index >= 15 is 0 Å². The third-order valence-electron chi connectivity index (χ3n) is 2.73. The van der Waals surface area contributed by atoms with Gasteiger partial charge in [-0.3, -0.25) is 0 Å². The third-order valence-corrected chi connectivity index (χ3v) is 2.73. The highest BCUT2D eigenvalue weighted by Gasteiger charge is 2.11. The van der Waals surface area contributed by atoms with Crippen molar-refractivity contribution in [3.8, 4) is 5.75 Å². The number of aryl methyl sites for hydroxylation is 2. The Morgan fingerprint density at radius 2 is 2.11 bits per heavy atom. The van der Waals surface area contributed by atoms with Crippen LogP contribution in [0.15, 0.2) is 22.8 Å². The number of hydrogen-bond donors (Lipinski definition) is 1. The van der Waals surface area contributed by atoms with E-state index in [9.17, 15) is 5.11 Å². The van der Waals surface area contributed by atoms with Gasteiger partial charge < -0.3 is 9.84 Å². The molecule has 0 saturated heterocycles. The van der Waals surface area contributed by atoms with Gasteiger partial charge in [-0.15, -0.1) is 0 Å². The van der Waals surface area contributed by atoms with Crippen LogP contribution >= 0.6 is 0 Å². The molecule has 5 heteroatoms. The minimum atomic E-state index is -0.573. The number of hydrogen-bond acceptors (Lipinski definition) is 5. The molecule has 18 heavy (non-hydrogen) atoms. The first-order chi connectivity index (χ1) is 8.58. The average Bonchev–Trinajstić information content (AvgIpc) is 2.73. The quantitative estimate of drug-likeness (QED) is 0.899. The van der Waals surface area contributed by atoms with Crippen molar-refractivity contribution in [2.75, 3.05) is 0 Å². The van der Waals surface area contributed by atoms with Crippen LogP contribution in [0.3, 0.4) is 0 Å². The smallest absolute Gasteiger partial charge is 0.145 e. The molecule has 1 heterocycles. The van der Waals surface area contributed by atoms with Crippen molar-refractivity contribution in [1.82, 2.24) is 10.3 Å². The molecule has 0 fully saturated rings. The van der Waals surface area contributed by atoms with Crippen molar-refractivity contribution >= 4 is 0 Å². The Morgan fingerprint density at radius 3 is 2.72 bits per heavy atom. The number of ether oxygens (including phenoxy) is 1. The minimum Gasteiger partial charge on any atom is -0.487 e. The zero-order valence-electron chi connectivity index (χ0n) is 10.7. The molecule has 0 aliphatic carbocycles. The van der Waals surface area contributed by atoms with Gasteiger partial charge in [-0.1, -0.05) is 21.9 Å². The highest BCUT2D eigenvalue weighted by molar-refractivity contribution is 5.38. The van der Waals surface area contributed by atoms with Crippen LogP contribution in [0.5, 0.6) is 5.75 Å². The molecule has 1 N–H and O–H groups in total. The Balaban J connectivity index is 2.16. The van der Waals surface area contributed by atoms with Crippen molar-refractivity contribution in [2.24, 2.45) is 0 Å². The van der Waals surface area contributed by atoms with E-state index < -0.39 is 6.10 Å². The van der Waals surface area contributed by atoms with Gasteiger partial charge in [-0.25, -0.2) is 4.63 Å². The lowest BCUT2D eigenvalue weighted by atomic mass is 10.1. The molecule has 0 unspecified atom stereocenters. The molecule has 0 aliphatic heterocycles. The second-order valence-electron chi connectivity index (χ2n) is 4.30. The molecule has 0 bridgehead atoms. The summed E-state index contributed by atoms with van der Waals surface area (Å²) in [6, 6.07) is 5.70. The molecule has 0 radical (unpaired) electrons. The van der Waals surface area contributed by atoms with Gasteiger partial charge in [0.05, 0.1) is 6.10 Å². The van der Waals surface area contributed by atoms with E-state index in [1.807, 2.05) is 25.1 Å². The maximum atomic E-state index is 9.71. The van der Waals surface area contributed by atoms with Gasteiger partial charge in [-0.05, 0) is 32.9 Å². The summed E-state index contributed by atoms with van der Waals surface area (Å²) in [4.78, 5) is 0. The Morgan fingerprint density at radius 1 is 1.33 bits per heavy atom. The maximum absolute atomic E-state index is 9.71. The summed E-state index contributed by atoms with van der Waals surface area (Å²) in [6.45, 7) is 5.77. The molecule has 0 spiro atoms. The number of aliphatic hydroxyl groups is 1. The monoisotopic (exact) mass is 248 g/mol. The first-order valence-corrected chi connectivity index (χ1v) is 5.77. The fourth-order valence-corrected chi connectivity index (χ4v) is 1.65. The highest BCUT2D eigenvalue weighted by atomic mass is 16.6. The number of nitrogens with zero attached hydrogens (tertiary/aromatic N) is 2. The van der Waals surface area contributed by atoms with E-state index in [4.69, 9.17) is 4.74 Å². The van der Waals surface area contributed by atoms with E-state index in [-0.39, 0.29) is 6.61 Å². The van der Waals surface area contributed by atoms with E-state index in [1.165, 1.54) is 0 Å². The zero-order chi connectivity index (χ0) is 13.1. The van der Waals surface area contributed by atoms with Gasteiger partial charge in [-0.2, -0.15) is 0 Å². The lowest BCUT2D eigenvalue weighted by molar-refractivity contribution is 0.189. The molecule has 2 rings (SSSR count). The number of aliphatic hydroxyl groups excluding tert-OH is 1. The van der Waals surface area contributed by atoms with Crippen LogP contribution in [0.4, 0.5) is 0 Å². The Kier molecular flexibility index (Phi) is 3.62. The number of rotatable bonds is 4. The summed E-state index contributed by atoms with van der Waals surface area (Å²) < 4.78 is 10.3. The van der Waals surface area contributed by atoms with Gasteiger partial charge >= 0.3 is 0 Å². The molecule has 1 aromatic heterocycles. The standard InChI is InChI=1S/C13H16N2O3/c1-8-4-5-13(11(6-8)10(3)16)17-7-12-9(2)14-18-15-12/h4-6,10,16H,7H2,1-3H3/t10-/m0/s1. The lowest BCUT2D eigenvalue weighted by Crippen LogP contribution is -2.02. The van der Waals surface area contributed by atoms with Crippen LogP contribution in [0.2, 0.25) is 0 Å². The van der Waals surface area contributed by atoms with Crippen molar-refractivity contribution in [3.05, 3.63) is 40.7 Å². The van der Waals surface area contributed by atoms with Crippen LogP contribution in [-0.4, -0.2) is 15.4 Å². The Labute approximate surface area is 105 Å². The van der Waals surface area contributed by atoms with Crippen LogP contribution in [0.1, 0.15) is 35.5 Å². The van der Waals surface area contributed by atoms with Gasteiger partial charge in [0.2, 0.25) is 0 Å². The second kappa shape index (κ2) is 5.18. The van der Waals surface area contributed by atoms with Crippen LogP contribution in [0, 0.1) is 13.8 Å². The minimum absolute atomic E-state index is 0.276. The first-order valence-electron chi connectivity index (χ1n) is 5.77. The van der Waals surface area contributed by atoms with Crippen molar-refractivity contribution in [1.29, 1.82) is 0 Å². The van der Waals surface area contributed by atoms with Gasteiger partial charge in [0.15, 0.2) is 0 Å². The fraction of sp³-hybridized carbons (Fsp3) is 0.385. The van der Waals surface area contributed by atoms with Crippen molar-refractivity contribution in [3.63, 3.8) is 0 Å². The number of benzene rings is 1. The van der Waals surface area contributed by atoms with E-state index in [0.29, 0.717) is 17.1 Å². The molecule has 1 aromatic carbocycles. The summed E-state index contributed by atoms with van der Waals surface area (Å²) in [5.74, 6) is 0.651. The summed E-state index contributed by atoms with van der Waals surface area (Å²) >= 11 is 0. The molecular formula is C13H16N2O3. The molecule has 96 valence electrons. The lowest BCUT2D eigenvalue weighted by Gasteiger charge is -2.13. The second-order valence-corrected chi connectivity index (χ2v) is 4.30. The van der Waals surface area contributed by atoms with Gasteiger partial charge in [0, 0.05) is 5.56 Å². The van der Waals surface area contributed by atoms with Gasteiger partial charge in [0.25, 0.3) is 0 Å². The van der Waals surface area contributed by atoms with Crippen molar-refractivity contribution < 1.29 is 14.5 Å². The molecule has 1 atom stereocenters. The first kappa shape index (κ1) is 12.6. The molecule has 2 aromatic rings. The summed E-state index contributed by atoms with van der Waals surface area (Å²) in [5.41, 5.74) is 3.22. The van der Waals surface area contributed by atoms with E-state index in [1.54, 1.807) is 13.8 Å². The Bertz CT molecular complexity index is 535. The largest absolute Gasteiger partial charge is 0.487 e. The maximum Gasteiger partial charge on any atom is 0.145 e. The molecule has 0 saturated carbocycles. The molecular weight excluding hydrogens is 232 g/mol. The van der Waals surface area contributed by atoms with Crippen LogP contribution in [0.25, 0.3) is 0 Å². The van der Waals surface area contributed by atoms with Gasteiger partial charge in [0.1, 0.15) is 23.7 Å². The zero-order valence-corrected chi connectivity index (χ0v) is 10.7. The third kappa shape index (κ3) is 2.68. The predicted octanol–water partition coefficient (Wildman–Crippen LogP) is 2.32. The van der Waals surface area contributed by atoms with Crippen molar-refractivity contribution in [2.45, 2.75) is 33.5 Å².